The Kier molecular flexibility index (Phi) is 2.50. The van der Waals surface area contributed by atoms with Crippen molar-refractivity contribution in [2.75, 3.05) is 18.0 Å². The van der Waals surface area contributed by atoms with Crippen LogP contribution in [0, 0.1) is 23.1 Å². The van der Waals surface area contributed by atoms with Gasteiger partial charge in [-0.05, 0) is 12.8 Å². The van der Waals surface area contributed by atoms with Gasteiger partial charge in [-0.1, -0.05) is 0 Å². The van der Waals surface area contributed by atoms with Crippen LogP contribution in [0.2, 0.25) is 0 Å². The molecule has 0 atom stereocenters. The van der Waals surface area contributed by atoms with Crippen LogP contribution < -0.4 is 4.90 Å². The van der Waals surface area contributed by atoms with Crippen molar-refractivity contribution in [1.29, 1.82) is 5.26 Å². The number of pyridine rings is 1. The lowest BCUT2D eigenvalue weighted by atomic mass is 10.3. The molecule has 1 fully saturated rings. The Morgan fingerprint density at radius 1 is 1.33 bits per heavy atom. The molecule has 0 unspecified atom stereocenters. The zero-order valence-electron chi connectivity index (χ0n) is 8.00. The second-order valence-electron chi connectivity index (χ2n) is 3.44. The fraction of sp³-hybridized carbons (Fsp3) is 0.400. The molecule has 0 spiro atoms. The van der Waals surface area contributed by atoms with Gasteiger partial charge in [-0.25, -0.2) is 4.39 Å². The number of rotatable bonds is 1. The highest BCUT2D eigenvalue weighted by atomic mass is 19.1. The maximum absolute atomic E-state index is 13.4. The molecule has 1 saturated heterocycles. The van der Waals surface area contributed by atoms with E-state index in [2.05, 4.69) is 4.98 Å². The molecule has 2 heterocycles. The van der Waals surface area contributed by atoms with E-state index in [1.165, 1.54) is 0 Å². The van der Waals surface area contributed by atoms with E-state index in [4.69, 9.17) is 5.26 Å². The first-order valence-electron chi connectivity index (χ1n) is 4.73. The molecule has 2 rings (SSSR count). The van der Waals surface area contributed by atoms with Gasteiger partial charge in [0.15, 0.2) is 11.6 Å². The molecule has 0 bridgehead atoms. The third kappa shape index (κ3) is 1.75. The van der Waals surface area contributed by atoms with Crippen LogP contribution in [0.4, 0.5) is 14.6 Å². The van der Waals surface area contributed by atoms with Crippen LogP contribution in [-0.4, -0.2) is 18.1 Å². The molecule has 0 N–H and O–H groups in total. The number of hydrogen-bond donors (Lipinski definition) is 0. The van der Waals surface area contributed by atoms with E-state index in [-0.39, 0.29) is 11.4 Å². The molecular formula is C10H9F2N3. The Labute approximate surface area is 86.0 Å². The summed E-state index contributed by atoms with van der Waals surface area (Å²) >= 11 is 0. The minimum Gasteiger partial charge on any atom is -0.354 e. The second-order valence-corrected chi connectivity index (χ2v) is 3.44. The zero-order valence-corrected chi connectivity index (χ0v) is 8.00. The minimum absolute atomic E-state index is 0.0176. The number of anilines is 1. The van der Waals surface area contributed by atoms with Gasteiger partial charge in [0.05, 0.1) is 0 Å². The largest absolute Gasteiger partial charge is 0.354 e. The minimum atomic E-state index is -0.902. The molecule has 1 aromatic heterocycles. The Morgan fingerprint density at radius 2 is 2.00 bits per heavy atom. The number of nitrogens with zero attached hydrogens (tertiary/aromatic N) is 3. The number of halogens is 2. The van der Waals surface area contributed by atoms with Crippen LogP contribution in [0.3, 0.4) is 0 Å². The van der Waals surface area contributed by atoms with Crippen LogP contribution in [-0.2, 0) is 0 Å². The molecule has 0 aliphatic carbocycles. The van der Waals surface area contributed by atoms with E-state index in [0.717, 1.165) is 18.9 Å². The van der Waals surface area contributed by atoms with Crippen molar-refractivity contribution >= 4 is 5.82 Å². The third-order valence-electron chi connectivity index (χ3n) is 2.44. The predicted octanol–water partition coefficient (Wildman–Crippen LogP) is 1.83. The normalized spacial score (nSPS) is 15.4. The van der Waals surface area contributed by atoms with Crippen LogP contribution in [0.5, 0.6) is 0 Å². The summed E-state index contributed by atoms with van der Waals surface area (Å²) in [4.78, 5) is 5.18. The second kappa shape index (κ2) is 3.81. The van der Waals surface area contributed by atoms with E-state index in [9.17, 15) is 8.78 Å². The van der Waals surface area contributed by atoms with E-state index >= 15 is 0 Å². The van der Waals surface area contributed by atoms with Crippen molar-refractivity contribution in [2.24, 2.45) is 0 Å². The molecule has 15 heavy (non-hydrogen) atoms. The molecule has 0 aromatic carbocycles. The van der Waals surface area contributed by atoms with E-state index in [1.54, 1.807) is 11.0 Å². The topological polar surface area (TPSA) is 39.9 Å². The summed E-state index contributed by atoms with van der Waals surface area (Å²) in [6.07, 6.45) is 1.92. The Morgan fingerprint density at radius 3 is 2.60 bits per heavy atom. The third-order valence-corrected chi connectivity index (χ3v) is 2.44. The average Bonchev–Trinajstić information content (AvgIpc) is 2.74. The molecule has 1 aliphatic heterocycles. The highest BCUT2D eigenvalue weighted by molar-refractivity contribution is 5.44. The highest BCUT2D eigenvalue weighted by Gasteiger charge is 2.20. The summed E-state index contributed by atoms with van der Waals surface area (Å²) in [6, 6.07) is 2.46. The lowest BCUT2D eigenvalue weighted by Gasteiger charge is -2.16. The SMILES string of the molecule is N#Cc1cc(F)c(N2CCCC2)nc1F. The Hall–Kier alpha value is -1.70. The standard InChI is InChI=1S/C10H9F2N3/c11-8-5-7(6-13)9(12)14-10(8)15-3-1-2-4-15/h5H,1-4H2. The summed E-state index contributed by atoms with van der Waals surface area (Å²) in [6.45, 7) is 1.38. The molecular weight excluding hydrogens is 200 g/mol. The number of aromatic nitrogens is 1. The molecule has 0 amide bonds. The highest BCUT2D eigenvalue weighted by Crippen LogP contribution is 2.22. The monoisotopic (exact) mass is 209 g/mol. The first-order chi connectivity index (χ1) is 7.22. The first-order valence-corrected chi connectivity index (χ1v) is 4.73. The van der Waals surface area contributed by atoms with Crippen molar-refractivity contribution in [3.63, 3.8) is 0 Å². The van der Waals surface area contributed by atoms with Crippen molar-refractivity contribution < 1.29 is 8.78 Å². The maximum Gasteiger partial charge on any atom is 0.232 e. The van der Waals surface area contributed by atoms with Gasteiger partial charge < -0.3 is 4.90 Å². The molecule has 0 saturated carbocycles. The summed E-state index contributed by atoms with van der Waals surface area (Å²) < 4.78 is 26.6. The summed E-state index contributed by atoms with van der Waals surface area (Å²) in [5, 5.41) is 8.49. The zero-order chi connectivity index (χ0) is 10.8. The van der Waals surface area contributed by atoms with Crippen molar-refractivity contribution in [1.82, 2.24) is 4.98 Å². The summed E-state index contributed by atoms with van der Waals surface area (Å²) in [7, 11) is 0. The molecule has 0 radical (unpaired) electrons. The van der Waals surface area contributed by atoms with Gasteiger partial charge in [-0.2, -0.15) is 14.6 Å². The lowest BCUT2D eigenvalue weighted by Crippen LogP contribution is -2.21. The van der Waals surface area contributed by atoms with Crippen molar-refractivity contribution in [2.45, 2.75) is 12.8 Å². The first kappa shape index (κ1) is 9.84. The van der Waals surface area contributed by atoms with E-state index in [1.807, 2.05) is 0 Å². The van der Waals surface area contributed by atoms with Crippen LogP contribution in [0.1, 0.15) is 18.4 Å². The van der Waals surface area contributed by atoms with Gasteiger partial charge >= 0.3 is 0 Å². The fourth-order valence-corrected chi connectivity index (χ4v) is 1.69. The van der Waals surface area contributed by atoms with Gasteiger partial charge in [0.1, 0.15) is 11.6 Å². The van der Waals surface area contributed by atoms with Crippen LogP contribution >= 0.6 is 0 Å². The maximum atomic E-state index is 13.4. The molecule has 1 aromatic rings. The number of hydrogen-bond acceptors (Lipinski definition) is 3. The van der Waals surface area contributed by atoms with Crippen LogP contribution in [0.25, 0.3) is 0 Å². The molecule has 5 heteroatoms. The molecule has 78 valence electrons. The fourth-order valence-electron chi connectivity index (χ4n) is 1.69. The van der Waals surface area contributed by atoms with Gasteiger partial charge in [-0.15, -0.1) is 0 Å². The van der Waals surface area contributed by atoms with Crippen LogP contribution in [0.15, 0.2) is 6.07 Å². The van der Waals surface area contributed by atoms with Crippen molar-refractivity contribution in [3.05, 3.63) is 23.4 Å². The Bertz CT molecular complexity index is 419. The molecule has 3 nitrogen and oxygen atoms in total. The lowest BCUT2D eigenvalue weighted by molar-refractivity contribution is 0.553. The number of nitriles is 1. The van der Waals surface area contributed by atoms with E-state index < -0.39 is 11.8 Å². The Balaban J connectivity index is 2.40. The van der Waals surface area contributed by atoms with Gasteiger partial charge in [0.25, 0.3) is 0 Å². The van der Waals surface area contributed by atoms with Gasteiger partial charge in [-0.3, -0.25) is 0 Å². The molecule has 1 aliphatic rings. The quantitative estimate of drug-likeness (QED) is 0.662. The van der Waals surface area contributed by atoms with Gasteiger partial charge in [0.2, 0.25) is 5.95 Å². The van der Waals surface area contributed by atoms with E-state index in [0.29, 0.717) is 13.1 Å². The van der Waals surface area contributed by atoms with Crippen molar-refractivity contribution in [3.8, 4) is 6.07 Å². The summed E-state index contributed by atoms with van der Waals surface area (Å²) in [5.41, 5.74) is -0.351. The predicted molar refractivity (Wildman–Crippen MR) is 50.3 cm³/mol. The average molecular weight is 209 g/mol. The smallest absolute Gasteiger partial charge is 0.232 e. The van der Waals surface area contributed by atoms with Gasteiger partial charge in [0, 0.05) is 19.2 Å². The summed E-state index contributed by atoms with van der Waals surface area (Å²) in [5.74, 6) is -1.51.